The third-order valence-corrected chi connectivity index (χ3v) is 3.64. The summed E-state index contributed by atoms with van der Waals surface area (Å²) in [6.45, 7) is 0.337. The fourth-order valence-corrected chi connectivity index (χ4v) is 2.33. The van der Waals surface area contributed by atoms with Crippen LogP contribution in [0.15, 0.2) is 53.5 Å². The summed E-state index contributed by atoms with van der Waals surface area (Å²) >= 11 is 0. The highest BCUT2D eigenvalue weighted by Gasteiger charge is 2.09. The van der Waals surface area contributed by atoms with E-state index in [1.54, 1.807) is 42.5 Å². The smallest absolute Gasteiger partial charge is 0.387 e. The molecular formula is C19H22F2N4O2. The van der Waals surface area contributed by atoms with Crippen molar-refractivity contribution in [3.8, 4) is 5.75 Å². The van der Waals surface area contributed by atoms with E-state index in [0.717, 1.165) is 5.56 Å². The van der Waals surface area contributed by atoms with E-state index in [2.05, 4.69) is 20.4 Å². The summed E-state index contributed by atoms with van der Waals surface area (Å²) in [5.74, 6) is 0.172. The maximum absolute atomic E-state index is 12.5. The van der Waals surface area contributed by atoms with Crippen LogP contribution in [0, 0.1) is 0 Å². The average Bonchev–Trinajstić information content (AvgIpc) is 2.65. The number of alkyl halides is 2. The van der Waals surface area contributed by atoms with Crippen LogP contribution in [0.25, 0.3) is 0 Å². The zero-order valence-electron chi connectivity index (χ0n) is 14.9. The summed E-state index contributed by atoms with van der Waals surface area (Å²) < 4.78 is 29.5. The monoisotopic (exact) mass is 376 g/mol. The Morgan fingerprint density at radius 2 is 1.85 bits per heavy atom. The van der Waals surface area contributed by atoms with Crippen molar-refractivity contribution >= 4 is 11.9 Å². The molecule has 0 spiro atoms. The van der Waals surface area contributed by atoms with Crippen LogP contribution in [-0.2, 0) is 13.1 Å². The van der Waals surface area contributed by atoms with Gasteiger partial charge in [0, 0.05) is 24.2 Å². The van der Waals surface area contributed by atoms with Gasteiger partial charge in [-0.1, -0.05) is 30.3 Å². The molecule has 8 heteroatoms. The number of nitrogens with one attached hydrogen (secondary N) is 2. The molecule has 0 heterocycles. The zero-order valence-corrected chi connectivity index (χ0v) is 14.9. The molecule has 0 radical (unpaired) electrons. The fraction of sp³-hybridized carbons (Fsp3) is 0.263. The second-order valence-electron chi connectivity index (χ2n) is 5.60. The molecular weight excluding hydrogens is 354 g/mol. The molecule has 4 N–H and O–H groups in total. The quantitative estimate of drug-likeness (QED) is 0.488. The molecule has 2 rings (SSSR count). The number of primary amides is 1. The fourth-order valence-electron chi connectivity index (χ4n) is 2.33. The molecule has 0 bridgehead atoms. The third kappa shape index (κ3) is 6.58. The predicted octanol–water partition coefficient (Wildman–Crippen LogP) is 2.64. The number of amides is 1. The Morgan fingerprint density at radius 3 is 2.48 bits per heavy atom. The second kappa shape index (κ2) is 10.1. The van der Waals surface area contributed by atoms with Gasteiger partial charge >= 0.3 is 6.61 Å². The van der Waals surface area contributed by atoms with Crippen LogP contribution in [-0.4, -0.2) is 25.0 Å². The number of carbonyl (C=O) groups excluding carboxylic acids is 1. The summed E-state index contributed by atoms with van der Waals surface area (Å²) in [5.41, 5.74) is 7.15. The van der Waals surface area contributed by atoms with Crippen molar-refractivity contribution in [1.82, 2.24) is 10.6 Å². The van der Waals surface area contributed by atoms with Crippen LogP contribution in [0.3, 0.4) is 0 Å². The summed E-state index contributed by atoms with van der Waals surface area (Å²) in [5, 5.41) is 6.18. The molecule has 0 aliphatic rings. The van der Waals surface area contributed by atoms with Gasteiger partial charge in [-0.15, -0.1) is 0 Å². The second-order valence-corrected chi connectivity index (χ2v) is 5.60. The van der Waals surface area contributed by atoms with E-state index in [4.69, 9.17) is 5.73 Å². The number of benzene rings is 2. The van der Waals surface area contributed by atoms with Crippen LogP contribution in [0.1, 0.15) is 28.4 Å². The molecule has 2 aromatic rings. The van der Waals surface area contributed by atoms with Gasteiger partial charge in [0.2, 0.25) is 5.91 Å². The number of nitrogens with two attached hydrogens (primary N) is 1. The Bertz CT molecular complexity index is 780. The number of rotatable bonds is 8. The first-order chi connectivity index (χ1) is 13.0. The Labute approximate surface area is 156 Å². The van der Waals surface area contributed by atoms with Gasteiger partial charge in [-0.25, -0.2) is 4.99 Å². The number of nitrogens with zero attached hydrogens (tertiary/aromatic N) is 1. The van der Waals surface area contributed by atoms with E-state index in [1.165, 1.54) is 6.07 Å². The van der Waals surface area contributed by atoms with Crippen LogP contribution < -0.4 is 21.1 Å². The van der Waals surface area contributed by atoms with E-state index >= 15 is 0 Å². The van der Waals surface area contributed by atoms with Crippen LogP contribution >= 0.6 is 0 Å². The molecule has 0 atom stereocenters. The van der Waals surface area contributed by atoms with Crippen LogP contribution in [0.2, 0.25) is 0 Å². The lowest BCUT2D eigenvalue weighted by atomic mass is 10.1. The molecule has 0 aliphatic heterocycles. The highest BCUT2D eigenvalue weighted by atomic mass is 19.3. The SMILES string of the molecule is CCNC(=NCc1ccc(C(N)=O)cc1)NCc1ccccc1OC(F)F. The lowest BCUT2D eigenvalue weighted by Gasteiger charge is -2.14. The van der Waals surface area contributed by atoms with Gasteiger partial charge < -0.3 is 21.1 Å². The van der Waals surface area contributed by atoms with E-state index in [-0.39, 0.29) is 12.3 Å². The largest absolute Gasteiger partial charge is 0.434 e. The average molecular weight is 376 g/mol. The minimum atomic E-state index is -2.88. The minimum absolute atomic E-state index is 0.123. The van der Waals surface area contributed by atoms with E-state index in [0.29, 0.717) is 30.2 Å². The number of para-hydroxylation sites is 1. The highest BCUT2D eigenvalue weighted by molar-refractivity contribution is 5.92. The number of carbonyl (C=O) groups is 1. The van der Waals surface area contributed by atoms with Gasteiger partial charge in [0.1, 0.15) is 5.75 Å². The number of guanidine groups is 1. The van der Waals surface area contributed by atoms with Gasteiger partial charge in [0.05, 0.1) is 6.54 Å². The number of aliphatic imine (C=N–C) groups is 1. The maximum Gasteiger partial charge on any atom is 0.387 e. The Kier molecular flexibility index (Phi) is 7.54. The topological polar surface area (TPSA) is 88.7 Å². The normalized spacial score (nSPS) is 11.3. The molecule has 0 aliphatic carbocycles. The maximum atomic E-state index is 12.5. The number of halogens is 2. The van der Waals surface area contributed by atoms with Gasteiger partial charge in [0.25, 0.3) is 0 Å². The van der Waals surface area contributed by atoms with Crippen molar-refractivity contribution in [3.63, 3.8) is 0 Å². The van der Waals surface area contributed by atoms with Gasteiger partial charge in [-0.3, -0.25) is 4.79 Å². The molecule has 27 heavy (non-hydrogen) atoms. The first kappa shape index (κ1) is 20.2. The Balaban J connectivity index is 2.02. The minimum Gasteiger partial charge on any atom is -0.434 e. The summed E-state index contributed by atoms with van der Waals surface area (Å²) in [7, 11) is 0. The molecule has 144 valence electrons. The van der Waals surface area contributed by atoms with Crippen molar-refractivity contribution in [2.24, 2.45) is 10.7 Å². The Hall–Kier alpha value is -3.16. The van der Waals surface area contributed by atoms with Crippen molar-refractivity contribution < 1.29 is 18.3 Å². The molecule has 0 aromatic heterocycles. The standard InChI is InChI=1S/C19H22F2N4O2/c1-2-23-19(24-11-13-7-9-14(10-8-13)17(22)26)25-12-15-5-3-4-6-16(15)27-18(20)21/h3-10,18H,2,11-12H2,1H3,(H2,22,26)(H2,23,24,25). The van der Waals surface area contributed by atoms with Gasteiger partial charge in [-0.2, -0.15) is 8.78 Å². The van der Waals surface area contributed by atoms with Gasteiger partial charge in [0.15, 0.2) is 5.96 Å². The number of hydrogen-bond acceptors (Lipinski definition) is 3. The van der Waals surface area contributed by atoms with E-state index < -0.39 is 12.5 Å². The summed E-state index contributed by atoms with van der Waals surface area (Å²) in [6.07, 6.45) is 0. The Morgan fingerprint density at radius 1 is 1.15 bits per heavy atom. The first-order valence-corrected chi connectivity index (χ1v) is 8.43. The summed E-state index contributed by atoms with van der Waals surface area (Å²) in [6, 6.07) is 13.4. The number of ether oxygens (including phenoxy) is 1. The van der Waals surface area contributed by atoms with Crippen LogP contribution in [0.4, 0.5) is 8.78 Å². The first-order valence-electron chi connectivity index (χ1n) is 8.43. The van der Waals surface area contributed by atoms with Gasteiger partial charge in [-0.05, 0) is 30.7 Å². The molecule has 0 saturated carbocycles. The molecule has 6 nitrogen and oxygen atoms in total. The van der Waals surface area contributed by atoms with Crippen LogP contribution in [0.5, 0.6) is 5.75 Å². The molecule has 1 amide bonds. The lowest BCUT2D eigenvalue weighted by molar-refractivity contribution is -0.0504. The number of hydrogen-bond donors (Lipinski definition) is 3. The third-order valence-electron chi connectivity index (χ3n) is 3.64. The summed E-state index contributed by atoms with van der Waals surface area (Å²) in [4.78, 5) is 15.5. The van der Waals surface area contributed by atoms with Crippen molar-refractivity contribution in [2.75, 3.05) is 6.54 Å². The molecule has 2 aromatic carbocycles. The van der Waals surface area contributed by atoms with E-state index in [1.807, 2.05) is 6.92 Å². The molecule has 0 fully saturated rings. The van der Waals surface area contributed by atoms with Crippen molar-refractivity contribution in [3.05, 3.63) is 65.2 Å². The van der Waals surface area contributed by atoms with Crippen molar-refractivity contribution in [2.45, 2.75) is 26.6 Å². The predicted molar refractivity (Wildman–Crippen MR) is 99.7 cm³/mol. The highest BCUT2D eigenvalue weighted by Crippen LogP contribution is 2.19. The zero-order chi connectivity index (χ0) is 19.6. The van der Waals surface area contributed by atoms with Crippen molar-refractivity contribution in [1.29, 1.82) is 0 Å². The molecule has 0 saturated heterocycles. The van der Waals surface area contributed by atoms with E-state index in [9.17, 15) is 13.6 Å². The lowest BCUT2D eigenvalue weighted by Crippen LogP contribution is -2.36. The molecule has 0 unspecified atom stereocenters.